The Balaban J connectivity index is 4.48. The number of likely N-dealkylation sites (N-methyl/N-ethyl adjacent to an activating group) is 1. The Morgan fingerprint density at radius 3 is 1.85 bits per heavy atom. The van der Waals surface area contributed by atoms with E-state index in [1.165, 1.54) is 57.8 Å². The molecule has 11 heteroatoms. The lowest BCUT2D eigenvalue weighted by Gasteiger charge is -2.28. The molecular weight excluding hydrogens is 681 g/mol. The van der Waals surface area contributed by atoms with Crippen molar-refractivity contribution in [3.63, 3.8) is 0 Å². The molecule has 0 heterocycles. The van der Waals surface area contributed by atoms with Crippen LogP contribution in [0.5, 0.6) is 0 Å². The number of rotatable bonds is 36. The smallest absolute Gasteiger partial charge is 0.306 e. The number of hydrogen-bond donors (Lipinski definition) is 1. The number of hydrogen-bond acceptors (Lipinski definition) is 9. The molecule has 0 aromatic rings. The van der Waals surface area contributed by atoms with Crippen molar-refractivity contribution in [2.45, 2.75) is 167 Å². The molecule has 52 heavy (non-hydrogen) atoms. The van der Waals surface area contributed by atoms with Gasteiger partial charge in [0.15, 0.2) is 6.10 Å². The van der Waals surface area contributed by atoms with E-state index in [-0.39, 0.29) is 26.1 Å². The van der Waals surface area contributed by atoms with Gasteiger partial charge in [0.25, 0.3) is 7.82 Å². The molecule has 3 atom stereocenters. The molecule has 0 saturated heterocycles. The molecule has 0 rings (SSSR count). The maximum atomic E-state index is 12.6. The van der Waals surface area contributed by atoms with Crippen LogP contribution in [-0.4, -0.2) is 81.2 Å². The monoisotopic (exact) mass is 758 g/mol. The summed E-state index contributed by atoms with van der Waals surface area (Å²) < 4.78 is 33.7. The summed E-state index contributed by atoms with van der Waals surface area (Å²) in [5, 5.41) is 9.87. The molecule has 0 saturated carbocycles. The molecule has 10 nitrogen and oxygen atoms in total. The maximum Gasteiger partial charge on any atom is 0.306 e. The summed E-state index contributed by atoms with van der Waals surface area (Å²) in [7, 11) is 1.12. The van der Waals surface area contributed by atoms with E-state index in [9.17, 15) is 24.2 Å². The molecule has 0 aromatic heterocycles. The van der Waals surface area contributed by atoms with Crippen molar-refractivity contribution >= 4 is 19.8 Å². The van der Waals surface area contributed by atoms with E-state index < -0.39 is 38.6 Å². The van der Waals surface area contributed by atoms with E-state index in [4.69, 9.17) is 18.5 Å². The van der Waals surface area contributed by atoms with Gasteiger partial charge in [0.2, 0.25) is 0 Å². The molecule has 0 amide bonds. The minimum atomic E-state index is -4.64. The highest BCUT2D eigenvalue weighted by Crippen LogP contribution is 2.38. The zero-order valence-electron chi connectivity index (χ0n) is 33.6. The highest BCUT2D eigenvalue weighted by molar-refractivity contribution is 7.45. The number of ether oxygens (including phenoxy) is 2. The fourth-order valence-corrected chi connectivity index (χ4v) is 6.01. The third kappa shape index (κ3) is 36.5. The minimum Gasteiger partial charge on any atom is -0.756 e. The van der Waals surface area contributed by atoms with Crippen LogP contribution in [0.4, 0.5) is 0 Å². The van der Waals surface area contributed by atoms with Crippen LogP contribution in [0.3, 0.4) is 0 Å². The summed E-state index contributed by atoms with van der Waals surface area (Å²) in [4.78, 5) is 37.4. The zero-order chi connectivity index (χ0) is 38.8. The quantitative estimate of drug-likeness (QED) is 0.0166. The van der Waals surface area contributed by atoms with Gasteiger partial charge in [0.1, 0.15) is 19.8 Å². The molecule has 0 bridgehead atoms. The van der Waals surface area contributed by atoms with Crippen molar-refractivity contribution < 1.29 is 47.2 Å². The summed E-state index contributed by atoms with van der Waals surface area (Å²) in [5.41, 5.74) is 0. The third-order valence-corrected chi connectivity index (χ3v) is 9.47. The predicted octanol–water partition coefficient (Wildman–Crippen LogP) is 9.30. The Kier molecular flexibility index (Phi) is 32.6. The second-order valence-corrected chi connectivity index (χ2v) is 16.2. The first kappa shape index (κ1) is 50.2. The molecule has 0 spiro atoms. The lowest BCUT2D eigenvalue weighted by atomic mass is 10.0. The fraction of sp³-hybridized carbons (Fsp3) is 0.805. The normalized spacial score (nSPS) is 14.7. The number of allylic oxidation sites excluding steroid dienone is 4. The molecule has 304 valence electrons. The Morgan fingerprint density at radius 1 is 0.712 bits per heavy atom. The molecule has 0 radical (unpaired) electrons. The topological polar surface area (TPSA) is 131 Å². The van der Waals surface area contributed by atoms with Crippen molar-refractivity contribution in [1.82, 2.24) is 0 Å². The molecular formula is C41H76NO9P. The largest absolute Gasteiger partial charge is 0.756 e. The van der Waals surface area contributed by atoms with E-state index >= 15 is 0 Å². The molecule has 0 fully saturated rings. The Bertz CT molecular complexity index is 1010. The van der Waals surface area contributed by atoms with Crippen molar-refractivity contribution in [1.29, 1.82) is 0 Å². The van der Waals surface area contributed by atoms with Crippen molar-refractivity contribution in [2.24, 2.45) is 0 Å². The number of esters is 2. The highest BCUT2D eigenvalue weighted by atomic mass is 31.2. The molecule has 0 aliphatic rings. The zero-order valence-corrected chi connectivity index (χ0v) is 34.5. The first-order valence-electron chi connectivity index (χ1n) is 20.3. The van der Waals surface area contributed by atoms with Gasteiger partial charge >= 0.3 is 11.9 Å². The van der Waals surface area contributed by atoms with E-state index in [1.54, 1.807) is 6.08 Å². The lowest BCUT2D eigenvalue weighted by Crippen LogP contribution is -2.37. The van der Waals surface area contributed by atoms with E-state index in [2.05, 4.69) is 19.9 Å². The van der Waals surface area contributed by atoms with Crippen LogP contribution < -0.4 is 4.89 Å². The number of aliphatic hydroxyl groups is 1. The van der Waals surface area contributed by atoms with Gasteiger partial charge in [0.05, 0.1) is 33.9 Å². The number of phosphoric ester groups is 1. The number of carbonyl (C=O) groups is 2. The Labute approximate surface area is 317 Å². The number of aliphatic hydroxyl groups excluding tert-OH is 1. The second kappa shape index (κ2) is 33.7. The third-order valence-electron chi connectivity index (χ3n) is 8.50. The number of phosphoric acid groups is 1. The minimum absolute atomic E-state index is 0.0442. The van der Waals surface area contributed by atoms with Crippen molar-refractivity contribution in [3.05, 3.63) is 36.5 Å². The van der Waals surface area contributed by atoms with Gasteiger partial charge in [-0.1, -0.05) is 140 Å². The molecule has 0 aliphatic heterocycles. The SMILES string of the molecule is CC/C=C/CC(O)/C=C/C=C/CCCCCCCC(=O)O[C@H](COC(=O)CCCCCCCCCCCCCC)COP(=O)([O-])OCC[N+](C)(C)C. The average Bonchev–Trinajstić information content (AvgIpc) is 3.08. The summed E-state index contributed by atoms with van der Waals surface area (Å²) in [6, 6.07) is 0. The van der Waals surface area contributed by atoms with Crippen LogP contribution >= 0.6 is 7.82 Å². The Hall–Kier alpha value is -1.81. The Morgan fingerprint density at radius 2 is 1.27 bits per heavy atom. The predicted molar refractivity (Wildman–Crippen MR) is 210 cm³/mol. The first-order valence-corrected chi connectivity index (χ1v) is 21.8. The van der Waals surface area contributed by atoms with Crippen LogP contribution in [0.15, 0.2) is 36.5 Å². The highest BCUT2D eigenvalue weighted by Gasteiger charge is 2.21. The van der Waals surface area contributed by atoms with Crippen molar-refractivity contribution in [3.8, 4) is 0 Å². The lowest BCUT2D eigenvalue weighted by molar-refractivity contribution is -0.870. The van der Waals surface area contributed by atoms with Crippen LogP contribution in [0.2, 0.25) is 0 Å². The van der Waals surface area contributed by atoms with E-state index in [1.807, 2.05) is 45.4 Å². The summed E-state index contributed by atoms with van der Waals surface area (Å²) in [6.07, 6.45) is 32.1. The van der Waals surface area contributed by atoms with Gasteiger partial charge < -0.3 is 33.0 Å². The van der Waals surface area contributed by atoms with Gasteiger partial charge in [-0.3, -0.25) is 14.2 Å². The second-order valence-electron chi connectivity index (χ2n) is 14.8. The van der Waals surface area contributed by atoms with Crippen LogP contribution in [-0.2, 0) is 32.7 Å². The van der Waals surface area contributed by atoms with Crippen LogP contribution in [0.1, 0.15) is 155 Å². The number of carbonyl (C=O) groups excluding carboxylic acids is 2. The molecule has 2 unspecified atom stereocenters. The first-order chi connectivity index (χ1) is 24.9. The van der Waals surface area contributed by atoms with Gasteiger partial charge in [-0.2, -0.15) is 0 Å². The fourth-order valence-electron chi connectivity index (χ4n) is 5.28. The average molecular weight is 758 g/mol. The summed E-state index contributed by atoms with van der Waals surface area (Å²) >= 11 is 0. The summed E-state index contributed by atoms with van der Waals surface area (Å²) in [6.45, 7) is 3.95. The van der Waals surface area contributed by atoms with Gasteiger partial charge in [-0.15, -0.1) is 0 Å². The van der Waals surface area contributed by atoms with Crippen molar-refractivity contribution in [2.75, 3.05) is 47.5 Å². The molecule has 1 N–H and O–H groups in total. The molecule has 0 aliphatic carbocycles. The maximum absolute atomic E-state index is 12.6. The van der Waals surface area contributed by atoms with Crippen LogP contribution in [0.25, 0.3) is 0 Å². The van der Waals surface area contributed by atoms with Gasteiger partial charge in [-0.05, 0) is 38.5 Å². The number of unbranched alkanes of at least 4 members (excludes halogenated alkanes) is 16. The van der Waals surface area contributed by atoms with E-state index in [0.717, 1.165) is 57.8 Å². The molecule has 0 aromatic carbocycles. The number of nitrogens with zero attached hydrogens (tertiary/aromatic N) is 1. The standard InChI is InChI=1S/C41H76NO9P/c1-6-8-10-11-12-13-14-15-18-21-24-28-32-40(44)48-36-39(37-50-52(46,47)49-35-34-42(3,4)5)51-41(45)33-29-25-22-19-16-17-20-23-27-31-38(43)30-26-9-7-2/h9,20,23,26-27,31,38-39,43H,6-8,10-19,21-22,24-25,28-30,32-37H2,1-5H3/b23-20+,26-9+,31-27+/t38?,39-/m1/s1. The van der Waals surface area contributed by atoms with Gasteiger partial charge in [0, 0.05) is 12.8 Å². The van der Waals surface area contributed by atoms with Gasteiger partial charge in [-0.25, -0.2) is 0 Å². The van der Waals surface area contributed by atoms with E-state index in [0.29, 0.717) is 23.9 Å². The number of quaternary nitrogens is 1. The van der Waals surface area contributed by atoms with Crippen LogP contribution in [0, 0.1) is 0 Å². The summed E-state index contributed by atoms with van der Waals surface area (Å²) in [5.74, 6) is -0.889.